The maximum absolute atomic E-state index is 9.09. The van der Waals surface area contributed by atoms with Crippen LogP contribution in [0, 0.1) is 16.7 Å². The standard InChI is InChI=1S/C18H22N2/c1-18(2,13-19)14-20(3)12-11-16-9-6-8-15-7-4-5-10-17(15)16/h4-10H,11-12,14H2,1-3H3. The molecule has 2 aromatic carbocycles. The summed E-state index contributed by atoms with van der Waals surface area (Å²) in [6, 6.07) is 17.3. The smallest absolute Gasteiger partial charge is 0.0697 e. The van der Waals surface area contributed by atoms with Gasteiger partial charge in [0.1, 0.15) is 0 Å². The van der Waals surface area contributed by atoms with Gasteiger partial charge in [0, 0.05) is 13.1 Å². The van der Waals surface area contributed by atoms with Crippen LogP contribution in [0.25, 0.3) is 10.8 Å². The predicted molar refractivity (Wildman–Crippen MR) is 84.5 cm³/mol. The molecule has 0 aliphatic heterocycles. The molecule has 0 bridgehead atoms. The van der Waals surface area contributed by atoms with E-state index < -0.39 is 0 Å². The highest BCUT2D eigenvalue weighted by atomic mass is 15.1. The molecule has 0 saturated carbocycles. The lowest BCUT2D eigenvalue weighted by molar-refractivity contribution is 0.258. The summed E-state index contributed by atoms with van der Waals surface area (Å²) in [7, 11) is 2.09. The summed E-state index contributed by atoms with van der Waals surface area (Å²) in [5.41, 5.74) is 1.10. The van der Waals surface area contributed by atoms with Gasteiger partial charge in [0.05, 0.1) is 11.5 Å². The van der Waals surface area contributed by atoms with Gasteiger partial charge in [-0.15, -0.1) is 0 Å². The van der Waals surface area contributed by atoms with Crippen LogP contribution in [0.4, 0.5) is 0 Å². The van der Waals surface area contributed by atoms with E-state index >= 15 is 0 Å². The van der Waals surface area contributed by atoms with Crippen molar-refractivity contribution in [3.63, 3.8) is 0 Å². The minimum Gasteiger partial charge on any atom is -0.304 e. The first-order valence-corrected chi connectivity index (χ1v) is 7.08. The Labute approximate surface area is 121 Å². The molecule has 0 aliphatic carbocycles. The van der Waals surface area contributed by atoms with Gasteiger partial charge in [0.25, 0.3) is 0 Å². The van der Waals surface area contributed by atoms with Crippen LogP contribution in [0.15, 0.2) is 42.5 Å². The fraction of sp³-hybridized carbons (Fsp3) is 0.389. The molecule has 0 spiro atoms. The van der Waals surface area contributed by atoms with Gasteiger partial charge in [0.15, 0.2) is 0 Å². The average Bonchev–Trinajstić information content (AvgIpc) is 2.44. The molecule has 0 atom stereocenters. The fourth-order valence-corrected chi connectivity index (χ4v) is 2.61. The Morgan fingerprint density at radius 2 is 1.80 bits per heavy atom. The van der Waals surface area contributed by atoms with Crippen molar-refractivity contribution >= 4 is 10.8 Å². The summed E-state index contributed by atoms with van der Waals surface area (Å²) in [5.74, 6) is 0. The van der Waals surface area contributed by atoms with E-state index in [1.165, 1.54) is 16.3 Å². The number of hydrogen-bond acceptors (Lipinski definition) is 2. The van der Waals surface area contributed by atoms with Gasteiger partial charge < -0.3 is 4.90 Å². The molecule has 2 aromatic rings. The fourth-order valence-electron chi connectivity index (χ4n) is 2.61. The Balaban J connectivity index is 2.05. The zero-order valence-corrected chi connectivity index (χ0v) is 12.6. The van der Waals surface area contributed by atoms with Crippen molar-refractivity contribution in [3.8, 4) is 6.07 Å². The van der Waals surface area contributed by atoms with E-state index in [0.717, 1.165) is 19.5 Å². The molecule has 0 aliphatic rings. The lowest BCUT2D eigenvalue weighted by atomic mass is 9.95. The number of likely N-dealkylation sites (N-methyl/N-ethyl adjacent to an activating group) is 1. The maximum atomic E-state index is 9.09. The zero-order chi connectivity index (χ0) is 14.6. The summed E-state index contributed by atoms with van der Waals surface area (Å²) < 4.78 is 0. The number of rotatable bonds is 5. The molecule has 2 rings (SSSR count). The SMILES string of the molecule is CN(CCc1cccc2ccccc12)CC(C)(C)C#N. The lowest BCUT2D eigenvalue weighted by Gasteiger charge is -2.24. The molecule has 0 amide bonds. The third-order valence-electron chi connectivity index (χ3n) is 3.61. The maximum Gasteiger partial charge on any atom is 0.0697 e. The first kappa shape index (κ1) is 14.6. The van der Waals surface area contributed by atoms with Gasteiger partial charge in [-0.3, -0.25) is 0 Å². The minimum absolute atomic E-state index is 0.284. The molecular weight excluding hydrogens is 244 g/mol. The van der Waals surface area contributed by atoms with Crippen molar-refractivity contribution in [2.24, 2.45) is 5.41 Å². The number of hydrogen-bond donors (Lipinski definition) is 0. The largest absolute Gasteiger partial charge is 0.304 e. The van der Waals surface area contributed by atoms with Crippen LogP contribution < -0.4 is 0 Å². The van der Waals surface area contributed by atoms with Crippen molar-refractivity contribution in [2.45, 2.75) is 20.3 Å². The van der Waals surface area contributed by atoms with Crippen LogP contribution >= 0.6 is 0 Å². The van der Waals surface area contributed by atoms with Crippen molar-refractivity contribution in [1.29, 1.82) is 5.26 Å². The second-order valence-corrected chi connectivity index (χ2v) is 6.12. The van der Waals surface area contributed by atoms with Crippen LogP contribution in [0.3, 0.4) is 0 Å². The Hall–Kier alpha value is -1.85. The summed E-state index contributed by atoms with van der Waals surface area (Å²) in [6.45, 7) is 5.75. The third-order valence-corrected chi connectivity index (χ3v) is 3.61. The van der Waals surface area contributed by atoms with E-state index in [-0.39, 0.29) is 5.41 Å². The highest BCUT2D eigenvalue weighted by Crippen LogP contribution is 2.20. The van der Waals surface area contributed by atoms with Crippen LogP contribution in [-0.4, -0.2) is 25.0 Å². The lowest BCUT2D eigenvalue weighted by Crippen LogP contribution is -2.31. The second-order valence-electron chi connectivity index (χ2n) is 6.12. The van der Waals surface area contributed by atoms with Crippen LogP contribution in [-0.2, 0) is 6.42 Å². The number of fused-ring (bicyclic) bond motifs is 1. The Bertz CT molecular complexity index is 617. The molecule has 104 valence electrons. The van der Waals surface area contributed by atoms with E-state index in [9.17, 15) is 0 Å². The van der Waals surface area contributed by atoms with E-state index in [0.29, 0.717) is 0 Å². The Kier molecular flexibility index (Phi) is 4.42. The first-order valence-electron chi connectivity index (χ1n) is 7.08. The quantitative estimate of drug-likeness (QED) is 0.821. The Morgan fingerprint density at radius 1 is 1.10 bits per heavy atom. The van der Waals surface area contributed by atoms with Crippen molar-refractivity contribution in [2.75, 3.05) is 20.1 Å². The van der Waals surface area contributed by atoms with Crippen molar-refractivity contribution in [3.05, 3.63) is 48.0 Å². The van der Waals surface area contributed by atoms with Gasteiger partial charge >= 0.3 is 0 Å². The Morgan fingerprint density at radius 3 is 2.55 bits per heavy atom. The molecule has 2 heteroatoms. The molecule has 0 radical (unpaired) electrons. The van der Waals surface area contributed by atoms with E-state index in [4.69, 9.17) is 5.26 Å². The highest BCUT2D eigenvalue weighted by Gasteiger charge is 2.18. The van der Waals surface area contributed by atoms with E-state index in [1.807, 2.05) is 13.8 Å². The topological polar surface area (TPSA) is 27.0 Å². The molecule has 20 heavy (non-hydrogen) atoms. The van der Waals surface area contributed by atoms with Gasteiger partial charge in [-0.2, -0.15) is 5.26 Å². The van der Waals surface area contributed by atoms with Crippen LogP contribution in [0.2, 0.25) is 0 Å². The van der Waals surface area contributed by atoms with E-state index in [2.05, 4.69) is 60.5 Å². The molecule has 2 nitrogen and oxygen atoms in total. The predicted octanol–water partition coefficient (Wildman–Crippen LogP) is 3.86. The van der Waals surface area contributed by atoms with Gasteiger partial charge in [-0.1, -0.05) is 42.5 Å². The molecule has 0 fully saturated rings. The number of benzene rings is 2. The monoisotopic (exact) mass is 266 g/mol. The first-order chi connectivity index (χ1) is 9.52. The van der Waals surface area contributed by atoms with Gasteiger partial charge in [-0.25, -0.2) is 0 Å². The van der Waals surface area contributed by atoms with Crippen LogP contribution in [0.1, 0.15) is 19.4 Å². The molecule has 0 saturated heterocycles. The molecule has 0 unspecified atom stereocenters. The highest BCUT2D eigenvalue weighted by molar-refractivity contribution is 5.85. The van der Waals surface area contributed by atoms with Gasteiger partial charge in [0.2, 0.25) is 0 Å². The number of nitriles is 1. The normalized spacial score (nSPS) is 11.8. The number of nitrogens with zero attached hydrogens (tertiary/aromatic N) is 2. The van der Waals surface area contributed by atoms with Crippen molar-refractivity contribution < 1.29 is 0 Å². The molecular formula is C18H22N2. The summed E-state index contributed by atoms with van der Waals surface area (Å²) in [6.07, 6.45) is 1.01. The minimum atomic E-state index is -0.284. The zero-order valence-electron chi connectivity index (χ0n) is 12.6. The second kappa shape index (κ2) is 6.07. The van der Waals surface area contributed by atoms with Gasteiger partial charge in [-0.05, 0) is 43.7 Å². The summed E-state index contributed by atoms with van der Waals surface area (Å²) >= 11 is 0. The van der Waals surface area contributed by atoms with E-state index in [1.54, 1.807) is 0 Å². The summed E-state index contributed by atoms with van der Waals surface area (Å²) in [5, 5.41) is 11.7. The molecule has 0 aromatic heterocycles. The average molecular weight is 266 g/mol. The molecule has 0 heterocycles. The van der Waals surface area contributed by atoms with Crippen molar-refractivity contribution in [1.82, 2.24) is 4.90 Å². The molecule has 0 N–H and O–H groups in total. The third kappa shape index (κ3) is 3.59. The summed E-state index contributed by atoms with van der Waals surface area (Å²) in [4.78, 5) is 2.24. The van der Waals surface area contributed by atoms with Crippen LogP contribution in [0.5, 0.6) is 0 Å².